The molecule has 0 spiro atoms. The summed E-state index contributed by atoms with van der Waals surface area (Å²) in [6, 6.07) is 4.73. The highest BCUT2D eigenvalue weighted by Gasteiger charge is 2.16. The van der Waals surface area contributed by atoms with E-state index in [1.54, 1.807) is 19.1 Å². The van der Waals surface area contributed by atoms with Crippen LogP contribution in [-0.4, -0.2) is 31.0 Å². The van der Waals surface area contributed by atoms with Gasteiger partial charge in [-0.1, -0.05) is 30.1 Å². The summed E-state index contributed by atoms with van der Waals surface area (Å²) in [6.07, 6.45) is 0.0662. The average Bonchev–Trinajstić information content (AvgIpc) is 2.45. The molecular weight excluding hydrogens is 315 g/mol. The van der Waals surface area contributed by atoms with Crippen LogP contribution in [0.1, 0.15) is 20.3 Å². The summed E-state index contributed by atoms with van der Waals surface area (Å²) in [5.41, 5.74) is 0. The van der Waals surface area contributed by atoms with Gasteiger partial charge >= 0.3 is 0 Å². The van der Waals surface area contributed by atoms with Crippen molar-refractivity contribution in [2.24, 2.45) is 0 Å². The van der Waals surface area contributed by atoms with Crippen LogP contribution in [0.2, 0.25) is 10.0 Å². The number of hydrogen-bond acceptors (Lipinski definition) is 3. The standard InChI is InChI=1S/C14H18Cl2N2O3/c1-3-6-17-13(19)8-18-14(20)9(2)21-12-5-4-10(15)7-11(12)16/h4-5,7,9H,3,6,8H2,1-2H3,(H,17,19)(H,18,20). The quantitative estimate of drug-likeness (QED) is 0.805. The lowest BCUT2D eigenvalue weighted by atomic mass is 10.3. The van der Waals surface area contributed by atoms with Crippen molar-refractivity contribution in [1.82, 2.24) is 10.6 Å². The van der Waals surface area contributed by atoms with Crippen molar-refractivity contribution in [3.05, 3.63) is 28.2 Å². The summed E-state index contributed by atoms with van der Waals surface area (Å²) >= 11 is 11.7. The highest BCUT2D eigenvalue weighted by Crippen LogP contribution is 2.28. The number of rotatable bonds is 7. The second kappa shape index (κ2) is 8.74. The van der Waals surface area contributed by atoms with Gasteiger partial charge in [0.25, 0.3) is 5.91 Å². The number of nitrogens with one attached hydrogen (secondary N) is 2. The van der Waals surface area contributed by atoms with Gasteiger partial charge in [0.15, 0.2) is 6.10 Å². The largest absolute Gasteiger partial charge is 0.479 e. The van der Waals surface area contributed by atoms with Gasteiger partial charge < -0.3 is 15.4 Å². The first kappa shape index (κ1) is 17.6. The van der Waals surface area contributed by atoms with Gasteiger partial charge in [0, 0.05) is 11.6 Å². The fraction of sp³-hybridized carbons (Fsp3) is 0.429. The number of carbonyl (C=O) groups is 2. The normalized spacial score (nSPS) is 11.6. The monoisotopic (exact) mass is 332 g/mol. The number of hydrogen-bond donors (Lipinski definition) is 2. The Morgan fingerprint density at radius 1 is 1.29 bits per heavy atom. The Balaban J connectivity index is 2.45. The molecule has 0 saturated carbocycles. The van der Waals surface area contributed by atoms with Gasteiger partial charge in [-0.05, 0) is 31.5 Å². The second-order valence-electron chi connectivity index (χ2n) is 4.40. The molecule has 0 aliphatic carbocycles. The smallest absolute Gasteiger partial charge is 0.261 e. The van der Waals surface area contributed by atoms with Crippen LogP contribution in [-0.2, 0) is 9.59 Å². The van der Waals surface area contributed by atoms with Crippen LogP contribution in [0.4, 0.5) is 0 Å². The van der Waals surface area contributed by atoms with Crippen LogP contribution in [0.3, 0.4) is 0 Å². The molecule has 1 aromatic carbocycles. The predicted octanol–water partition coefficient (Wildman–Crippen LogP) is 2.40. The zero-order valence-electron chi connectivity index (χ0n) is 11.9. The third-order valence-corrected chi connectivity index (χ3v) is 3.09. The van der Waals surface area contributed by atoms with Gasteiger partial charge in [0.05, 0.1) is 11.6 Å². The van der Waals surface area contributed by atoms with Crippen molar-refractivity contribution in [3.63, 3.8) is 0 Å². The molecule has 2 N–H and O–H groups in total. The maximum absolute atomic E-state index is 11.8. The molecule has 0 aromatic heterocycles. The molecule has 0 radical (unpaired) electrons. The van der Waals surface area contributed by atoms with Crippen LogP contribution in [0, 0.1) is 0 Å². The van der Waals surface area contributed by atoms with Gasteiger partial charge in [-0.2, -0.15) is 0 Å². The van der Waals surface area contributed by atoms with E-state index >= 15 is 0 Å². The van der Waals surface area contributed by atoms with E-state index in [1.807, 2.05) is 6.92 Å². The molecule has 7 heteroatoms. The third-order valence-electron chi connectivity index (χ3n) is 2.56. The van der Waals surface area contributed by atoms with Gasteiger partial charge in [-0.25, -0.2) is 0 Å². The molecule has 2 amide bonds. The first-order valence-corrected chi connectivity index (χ1v) is 7.35. The number of halogens is 2. The van der Waals surface area contributed by atoms with Crippen molar-refractivity contribution >= 4 is 35.0 Å². The fourth-order valence-corrected chi connectivity index (χ4v) is 1.91. The second-order valence-corrected chi connectivity index (χ2v) is 5.25. The Kier molecular flexibility index (Phi) is 7.32. The molecule has 1 aromatic rings. The molecule has 0 saturated heterocycles. The zero-order valence-corrected chi connectivity index (χ0v) is 13.4. The topological polar surface area (TPSA) is 67.4 Å². The van der Waals surface area contributed by atoms with Crippen molar-refractivity contribution in [3.8, 4) is 5.75 Å². The maximum atomic E-state index is 11.8. The Morgan fingerprint density at radius 3 is 2.62 bits per heavy atom. The molecule has 0 heterocycles. The lowest BCUT2D eigenvalue weighted by molar-refractivity contribution is -0.130. The van der Waals surface area contributed by atoms with E-state index in [1.165, 1.54) is 6.07 Å². The molecule has 1 rings (SSSR count). The van der Waals surface area contributed by atoms with E-state index in [0.29, 0.717) is 22.3 Å². The van der Waals surface area contributed by atoms with Gasteiger partial charge in [0.2, 0.25) is 5.91 Å². The molecular formula is C14H18Cl2N2O3. The van der Waals surface area contributed by atoms with Crippen molar-refractivity contribution in [2.45, 2.75) is 26.4 Å². The highest BCUT2D eigenvalue weighted by molar-refractivity contribution is 6.35. The Hall–Kier alpha value is -1.46. The Morgan fingerprint density at radius 2 is 2.00 bits per heavy atom. The van der Waals surface area contributed by atoms with Crippen molar-refractivity contribution in [2.75, 3.05) is 13.1 Å². The fourth-order valence-electron chi connectivity index (χ4n) is 1.45. The van der Waals surface area contributed by atoms with Crippen molar-refractivity contribution < 1.29 is 14.3 Å². The molecule has 116 valence electrons. The number of amides is 2. The average molecular weight is 333 g/mol. The summed E-state index contributed by atoms with van der Waals surface area (Å²) in [5.74, 6) is -0.270. The summed E-state index contributed by atoms with van der Waals surface area (Å²) in [7, 11) is 0. The van der Waals surface area contributed by atoms with Crippen LogP contribution < -0.4 is 15.4 Å². The van der Waals surface area contributed by atoms with Gasteiger partial charge in [-0.15, -0.1) is 0 Å². The SMILES string of the molecule is CCCNC(=O)CNC(=O)C(C)Oc1ccc(Cl)cc1Cl. The van der Waals surface area contributed by atoms with Crippen molar-refractivity contribution in [1.29, 1.82) is 0 Å². The third kappa shape index (κ3) is 6.23. The minimum atomic E-state index is -0.775. The molecule has 0 aliphatic rings. The molecule has 0 fully saturated rings. The summed E-state index contributed by atoms with van der Waals surface area (Å²) in [4.78, 5) is 23.2. The van der Waals surface area contributed by atoms with E-state index in [2.05, 4.69) is 10.6 Å². The van der Waals surface area contributed by atoms with E-state index < -0.39 is 12.0 Å². The number of ether oxygens (including phenoxy) is 1. The molecule has 1 atom stereocenters. The molecule has 0 bridgehead atoms. The molecule has 21 heavy (non-hydrogen) atoms. The van der Waals surface area contributed by atoms with E-state index in [9.17, 15) is 9.59 Å². The summed E-state index contributed by atoms with van der Waals surface area (Å²) in [5, 5.41) is 5.96. The van der Waals surface area contributed by atoms with E-state index in [4.69, 9.17) is 27.9 Å². The number of benzene rings is 1. The molecule has 5 nitrogen and oxygen atoms in total. The highest BCUT2D eigenvalue weighted by atomic mass is 35.5. The lowest BCUT2D eigenvalue weighted by Crippen LogP contribution is -2.42. The van der Waals surface area contributed by atoms with Gasteiger partial charge in [0.1, 0.15) is 5.75 Å². The summed E-state index contributed by atoms with van der Waals surface area (Å²) in [6.45, 7) is 4.02. The first-order chi connectivity index (χ1) is 9.93. The minimum Gasteiger partial charge on any atom is -0.479 e. The Bertz CT molecular complexity index is 509. The first-order valence-electron chi connectivity index (χ1n) is 6.60. The van der Waals surface area contributed by atoms with Crippen LogP contribution >= 0.6 is 23.2 Å². The number of carbonyl (C=O) groups excluding carboxylic acids is 2. The Labute approximate surface area is 133 Å². The summed E-state index contributed by atoms with van der Waals surface area (Å²) < 4.78 is 5.44. The molecule has 1 unspecified atom stereocenters. The molecule has 0 aliphatic heterocycles. The van der Waals surface area contributed by atoms with Crippen LogP contribution in [0.5, 0.6) is 5.75 Å². The lowest BCUT2D eigenvalue weighted by Gasteiger charge is -2.15. The zero-order chi connectivity index (χ0) is 15.8. The van der Waals surface area contributed by atoms with Crippen LogP contribution in [0.15, 0.2) is 18.2 Å². The van der Waals surface area contributed by atoms with Gasteiger partial charge in [-0.3, -0.25) is 9.59 Å². The van der Waals surface area contributed by atoms with E-state index in [-0.39, 0.29) is 12.5 Å². The van der Waals surface area contributed by atoms with E-state index in [0.717, 1.165) is 6.42 Å². The maximum Gasteiger partial charge on any atom is 0.261 e. The minimum absolute atomic E-state index is 0.0825. The van der Waals surface area contributed by atoms with Crippen LogP contribution in [0.25, 0.3) is 0 Å². The predicted molar refractivity (Wildman–Crippen MR) is 82.9 cm³/mol.